The van der Waals surface area contributed by atoms with Crippen molar-refractivity contribution in [1.82, 2.24) is 9.97 Å². The van der Waals surface area contributed by atoms with Crippen LogP contribution in [-0.4, -0.2) is 38.3 Å². The predicted molar refractivity (Wildman–Crippen MR) is 136 cm³/mol. The van der Waals surface area contributed by atoms with Crippen LogP contribution in [0.15, 0.2) is 60.7 Å². The Balaban J connectivity index is 1.66. The molecule has 0 saturated carbocycles. The topological polar surface area (TPSA) is 59.5 Å². The van der Waals surface area contributed by atoms with Gasteiger partial charge >= 0.3 is 0 Å². The lowest BCUT2D eigenvalue weighted by molar-refractivity contribution is 0.356. The van der Waals surface area contributed by atoms with Gasteiger partial charge < -0.3 is 19.7 Å². The van der Waals surface area contributed by atoms with Gasteiger partial charge in [0.05, 0.1) is 19.7 Å². The number of hydrogen-bond donors (Lipinski definition) is 1. The third kappa shape index (κ3) is 4.81. The number of rotatable bonds is 7. The molecule has 0 amide bonds. The number of nitrogens with one attached hydrogen (secondary N) is 1. The van der Waals surface area contributed by atoms with Gasteiger partial charge in [-0.1, -0.05) is 30.3 Å². The molecule has 7 heteroatoms. The van der Waals surface area contributed by atoms with Crippen LogP contribution < -0.4 is 19.7 Å². The highest BCUT2D eigenvalue weighted by atomic mass is 35.5. The molecule has 0 aliphatic carbocycles. The molecule has 4 aromatic rings. The molecule has 4 rings (SSSR count). The first kappa shape index (κ1) is 22.7. The van der Waals surface area contributed by atoms with Gasteiger partial charge in [0.25, 0.3) is 0 Å². The fraction of sp³-hybridized carbons (Fsp3) is 0.231. The van der Waals surface area contributed by atoms with Crippen molar-refractivity contribution in [2.24, 2.45) is 0 Å². The van der Waals surface area contributed by atoms with Gasteiger partial charge in [-0.2, -0.15) is 0 Å². The molecule has 0 bridgehead atoms. The molecule has 0 aliphatic heterocycles. The van der Waals surface area contributed by atoms with Crippen molar-refractivity contribution >= 4 is 34.0 Å². The summed E-state index contributed by atoms with van der Waals surface area (Å²) in [6.07, 6.45) is 0. The first-order valence-electron chi connectivity index (χ1n) is 10.6. The van der Waals surface area contributed by atoms with E-state index in [1.165, 1.54) is 11.3 Å². The van der Waals surface area contributed by atoms with Gasteiger partial charge in [0.15, 0.2) is 11.5 Å². The van der Waals surface area contributed by atoms with Crippen LogP contribution in [0.4, 0.5) is 11.5 Å². The van der Waals surface area contributed by atoms with Crippen LogP contribution in [0.5, 0.6) is 11.5 Å². The molecule has 0 saturated heterocycles. The van der Waals surface area contributed by atoms with Crippen molar-refractivity contribution in [2.45, 2.75) is 13.0 Å². The maximum Gasteiger partial charge on any atom is 0.224 e. The highest BCUT2D eigenvalue weighted by molar-refractivity contribution is 6.28. The molecule has 0 unspecified atom stereocenters. The number of benzene rings is 3. The van der Waals surface area contributed by atoms with E-state index in [-0.39, 0.29) is 11.3 Å². The van der Waals surface area contributed by atoms with E-state index in [0.717, 1.165) is 16.5 Å². The lowest BCUT2D eigenvalue weighted by atomic mass is 9.99. The zero-order valence-corrected chi connectivity index (χ0v) is 20.1. The van der Waals surface area contributed by atoms with Gasteiger partial charge in [-0.05, 0) is 59.5 Å². The average Bonchev–Trinajstić information content (AvgIpc) is 2.83. The second-order valence-electron chi connectivity index (χ2n) is 8.00. The number of halogens is 1. The van der Waals surface area contributed by atoms with Gasteiger partial charge in [0.1, 0.15) is 5.82 Å². The van der Waals surface area contributed by atoms with E-state index in [0.29, 0.717) is 22.8 Å². The van der Waals surface area contributed by atoms with Gasteiger partial charge in [-0.3, -0.25) is 0 Å². The summed E-state index contributed by atoms with van der Waals surface area (Å²) in [6.45, 7) is 2.09. The summed E-state index contributed by atoms with van der Waals surface area (Å²) in [5.41, 5.74) is 5.31. The molecular formula is C26H27ClN4O2. The first-order chi connectivity index (χ1) is 15.9. The van der Waals surface area contributed by atoms with E-state index in [9.17, 15) is 0 Å². The normalized spacial score (nSPS) is 11.8. The fourth-order valence-corrected chi connectivity index (χ4v) is 3.94. The number of ether oxygens (including phenoxy) is 2. The molecular weight excluding hydrogens is 436 g/mol. The summed E-state index contributed by atoms with van der Waals surface area (Å²) in [7, 11) is 7.27. The van der Waals surface area contributed by atoms with Crippen LogP contribution in [0.1, 0.15) is 18.5 Å². The van der Waals surface area contributed by atoms with Crippen molar-refractivity contribution in [1.29, 1.82) is 0 Å². The van der Waals surface area contributed by atoms with Crippen LogP contribution in [-0.2, 0) is 0 Å². The van der Waals surface area contributed by atoms with E-state index in [4.69, 9.17) is 21.1 Å². The maximum absolute atomic E-state index is 6.22. The fourth-order valence-electron chi connectivity index (χ4n) is 3.77. The summed E-state index contributed by atoms with van der Waals surface area (Å²) >= 11 is 6.22. The quantitative estimate of drug-likeness (QED) is 0.329. The Morgan fingerprint density at radius 2 is 1.58 bits per heavy atom. The summed E-state index contributed by atoms with van der Waals surface area (Å²) in [5.74, 6) is 1.83. The Kier molecular flexibility index (Phi) is 6.56. The Morgan fingerprint density at radius 3 is 2.24 bits per heavy atom. The highest BCUT2D eigenvalue weighted by Crippen LogP contribution is 2.36. The molecule has 1 N–H and O–H groups in total. The van der Waals surface area contributed by atoms with Crippen LogP contribution in [0, 0.1) is 0 Å². The summed E-state index contributed by atoms with van der Waals surface area (Å²) in [5, 5.41) is 4.47. The van der Waals surface area contributed by atoms with E-state index in [2.05, 4.69) is 75.6 Å². The zero-order valence-electron chi connectivity index (χ0n) is 19.4. The molecule has 0 aliphatic rings. The standard InChI is InChI=1S/C26H27ClN4O2/c1-16(18-7-6-8-19(13-18)17-9-11-20(12-10-17)31(2)3)28-25-21-14-23(32-4)24(33-5)15-22(21)29-26(27)30-25/h6-16H,1-5H3,(H,28,29,30)/t16-/m1/s1. The molecule has 170 valence electrons. The Bertz CT molecular complexity index is 1280. The van der Waals surface area contributed by atoms with Crippen LogP contribution in [0.2, 0.25) is 5.28 Å². The largest absolute Gasteiger partial charge is 0.493 e. The van der Waals surface area contributed by atoms with Gasteiger partial charge in [-0.15, -0.1) is 0 Å². The third-order valence-corrected chi connectivity index (χ3v) is 5.80. The lowest BCUT2D eigenvalue weighted by Crippen LogP contribution is -2.09. The van der Waals surface area contributed by atoms with Crippen molar-refractivity contribution < 1.29 is 9.47 Å². The summed E-state index contributed by atoms with van der Waals surface area (Å²) in [6, 6.07) is 20.7. The van der Waals surface area contributed by atoms with Gasteiger partial charge in [-0.25, -0.2) is 9.97 Å². The van der Waals surface area contributed by atoms with Gasteiger partial charge in [0, 0.05) is 37.3 Å². The minimum Gasteiger partial charge on any atom is -0.493 e. The molecule has 1 aromatic heterocycles. The number of nitrogens with zero attached hydrogens (tertiary/aromatic N) is 3. The molecule has 33 heavy (non-hydrogen) atoms. The molecule has 0 spiro atoms. The molecule has 1 heterocycles. The molecule has 3 aromatic carbocycles. The van der Waals surface area contributed by atoms with Crippen molar-refractivity contribution in [3.05, 3.63) is 71.5 Å². The van der Waals surface area contributed by atoms with Crippen LogP contribution >= 0.6 is 11.6 Å². The molecule has 6 nitrogen and oxygen atoms in total. The highest BCUT2D eigenvalue weighted by Gasteiger charge is 2.15. The smallest absolute Gasteiger partial charge is 0.224 e. The van der Waals surface area contributed by atoms with E-state index >= 15 is 0 Å². The second-order valence-corrected chi connectivity index (χ2v) is 8.34. The third-order valence-electron chi connectivity index (χ3n) is 5.63. The number of anilines is 2. The molecule has 0 fully saturated rings. The Hall–Kier alpha value is -3.51. The minimum atomic E-state index is -0.0201. The predicted octanol–water partition coefficient (Wildman–Crippen LogP) is 6.21. The van der Waals surface area contributed by atoms with Crippen LogP contribution in [0.3, 0.4) is 0 Å². The lowest BCUT2D eigenvalue weighted by Gasteiger charge is -2.18. The maximum atomic E-state index is 6.22. The monoisotopic (exact) mass is 462 g/mol. The van der Waals surface area contributed by atoms with Gasteiger partial charge in [0.2, 0.25) is 5.28 Å². The first-order valence-corrected chi connectivity index (χ1v) is 11.0. The zero-order chi connectivity index (χ0) is 23.5. The molecule has 0 radical (unpaired) electrons. The van der Waals surface area contributed by atoms with E-state index in [1.807, 2.05) is 20.2 Å². The summed E-state index contributed by atoms with van der Waals surface area (Å²) < 4.78 is 10.9. The van der Waals surface area contributed by atoms with Crippen molar-refractivity contribution in [3.63, 3.8) is 0 Å². The Labute approximate surface area is 199 Å². The van der Waals surface area contributed by atoms with Crippen LogP contribution in [0.25, 0.3) is 22.0 Å². The van der Waals surface area contributed by atoms with E-state index < -0.39 is 0 Å². The number of methoxy groups -OCH3 is 2. The number of aromatic nitrogens is 2. The number of hydrogen-bond acceptors (Lipinski definition) is 6. The van der Waals surface area contributed by atoms with Crippen molar-refractivity contribution in [3.8, 4) is 22.6 Å². The van der Waals surface area contributed by atoms with Crippen molar-refractivity contribution in [2.75, 3.05) is 38.5 Å². The number of fused-ring (bicyclic) bond motifs is 1. The Morgan fingerprint density at radius 1 is 0.879 bits per heavy atom. The molecule has 1 atom stereocenters. The van der Waals surface area contributed by atoms with E-state index in [1.54, 1.807) is 20.3 Å². The second kappa shape index (κ2) is 9.55. The SMILES string of the molecule is COc1cc2nc(Cl)nc(N[C@H](C)c3cccc(-c4ccc(N(C)C)cc4)c3)c2cc1OC. The minimum absolute atomic E-state index is 0.0201. The summed E-state index contributed by atoms with van der Waals surface area (Å²) in [4.78, 5) is 10.9. The average molecular weight is 463 g/mol.